The molecule has 4 aromatic rings. The quantitative estimate of drug-likeness (QED) is 0.462. The summed E-state index contributed by atoms with van der Waals surface area (Å²) < 4.78 is 0. The van der Waals surface area contributed by atoms with Crippen LogP contribution in [0.4, 0.5) is 0 Å². The summed E-state index contributed by atoms with van der Waals surface area (Å²) in [5.41, 5.74) is 4.50. The molecule has 154 valence electrons. The van der Waals surface area contributed by atoms with Gasteiger partial charge in [0.15, 0.2) is 0 Å². The number of aromatic amines is 2. The van der Waals surface area contributed by atoms with Gasteiger partial charge in [0, 0.05) is 42.0 Å². The van der Waals surface area contributed by atoms with E-state index < -0.39 is 0 Å². The summed E-state index contributed by atoms with van der Waals surface area (Å²) in [6, 6.07) is 4.02. The Morgan fingerprint density at radius 1 is 1.03 bits per heavy atom. The van der Waals surface area contributed by atoms with Crippen LogP contribution in [-0.2, 0) is 0 Å². The van der Waals surface area contributed by atoms with Crippen LogP contribution in [-0.4, -0.2) is 54.0 Å². The predicted octanol–water partition coefficient (Wildman–Crippen LogP) is 4.06. The van der Waals surface area contributed by atoms with E-state index in [2.05, 4.69) is 44.0 Å². The van der Waals surface area contributed by atoms with Crippen molar-refractivity contribution >= 4 is 16.9 Å². The lowest BCUT2D eigenvalue weighted by molar-refractivity contribution is 0.0747. The fourth-order valence-corrected chi connectivity index (χ4v) is 3.41. The standard InChI is InChI=1S/C22H25N7O/c1-3-5-7-29(6-4-2)22(30)20-14-23-13-19(27-20)16-8-15-9-18(17-11-25-26-12-17)28-21(15)24-10-16/h8-14H,3-7H2,1-2H3,(H,24,28)(H,25,26). The second kappa shape index (κ2) is 8.86. The molecule has 2 N–H and O–H groups in total. The van der Waals surface area contributed by atoms with Crippen molar-refractivity contribution in [2.45, 2.75) is 33.1 Å². The number of pyridine rings is 1. The zero-order valence-electron chi connectivity index (χ0n) is 17.2. The lowest BCUT2D eigenvalue weighted by atomic mass is 10.1. The van der Waals surface area contributed by atoms with E-state index in [1.807, 2.05) is 23.2 Å². The van der Waals surface area contributed by atoms with Crippen molar-refractivity contribution in [2.75, 3.05) is 13.1 Å². The monoisotopic (exact) mass is 403 g/mol. The molecule has 0 fully saturated rings. The molecule has 0 aromatic carbocycles. The summed E-state index contributed by atoms with van der Waals surface area (Å²) in [6.45, 7) is 5.65. The van der Waals surface area contributed by atoms with Crippen LogP contribution >= 0.6 is 0 Å². The van der Waals surface area contributed by atoms with Crippen LogP contribution in [0.25, 0.3) is 33.5 Å². The summed E-state index contributed by atoms with van der Waals surface area (Å²) in [5, 5.41) is 7.76. The van der Waals surface area contributed by atoms with Crippen LogP contribution in [0.15, 0.2) is 43.1 Å². The molecule has 0 atom stereocenters. The molecule has 0 saturated carbocycles. The minimum absolute atomic E-state index is 0.0717. The molecule has 1 amide bonds. The van der Waals surface area contributed by atoms with E-state index in [9.17, 15) is 4.79 Å². The predicted molar refractivity (Wildman–Crippen MR) is 116 cm³/mol. The third-order valence-corrected chi connectivity index (χ3v) is 4.99. The highest BCUT2D eigenvalue weighted by molar-refractivity contribution is 5.93. The first-order valence-corrected chi connectivity index (χ1v) is 10.3. The van der Waals surface area contributed by atoms with Gasteiger partial charge in [-0.05, 0) is 25.0 Å². The Labute approximate surface area is 174 Å². The molecule has 8 heteroatoms. The molecule has 0 spiro atoms. The molecule has 0 unspecified atom stereocenters. The third kappa shape index (κ3) is 4.07. The molecule has 0 aliphatic rings. The molecule has 0 aliphatic carbocycles. The number of amides is 1. The number of nitrogens with one attached hydrogen (secondary N) is 2. The molecule has 0 bridgehead atoms. The van der Waals surface area contributed by atoms with Crippen LogP contribution in [0.5, 0.6) is 0 Å². The normalized spacial score (nSPS) is 11.1. The van der Waals surface area contributed by atoms with Crippen molar-refractivity contribution < 1.29 is 4.79 Å². The molecule has 4 aromatic heterocycles. The number of fused-ring (bicyclic) bond motifs is 1. The highest BCUT2D eigenvalue weighted by atomic mass is 16.2. The molecular weight excluding hydrogens is 378 g/mol. The van der Waals surface area contributed by atoms with Crippen LogP contribution < -0.4 is 0 Å². The smallest absolute Gasteiger partial charge is 0.274 e. The summed E-state index contributed by atoms with van der Waals surface area (Å²) >= 11 is 0. The summed E-state index contributed by atoms with van der Waals surface area (Å²) in [6.07, 6.45) is 11.5. The van der Waals surface area contributed by atoms with E-state index in [0.29, 0.717) is 11.4 Å². The van der Waals surface area contributed by atoms with Gasteiger partial charge < -0.3 is 9.88 Å². The van der Waals surface area contributed by atoms with E-state index >= 15 is 0 Å². The van der Waals surface area contributed by atoms with Gasteiger partial charge in [-0.25, -0.2) is 9.97 Å². The zero-order chi connectivity index (χ0) is 20.9. The highest BCUT2D eigenvalue weighted by Gasteiger charge is 2.17. The largest absolute Gasteiger partial charge is 0.339 e. The number of H-pyrrole nitrogens is 2. The second-order valence-electron chi connectivity index (χ2n) is 7.27. The number of hydrogen-bond donors (Lipinski definition) is 2. The van der Waals surface area contributed by atoms with Crippen molar-refractivity contribution in [1.82, 2.24) is 35.0 Å². The molecule has 0 aliphatic heterocycles. The molecule has 4 rings (SSSR count). The van der Waals surface area contributed by atoms with Gasteiger partial charge in [-0.15, -0.1) is 0 Å². The molecule has 8 nitrogen and oxygen atoms in total. The van der Waals surface area contributed by atoms with E-state index in [1.165, 1.54) is 0 Å². The Bertz CT molecular complexity index is 1130. The number of hydrogen-bond acceptors (Lipinski definition) is 5. The Kier molecular flexibility index (Phi) is 5.83. The second-order valence-corrected chi connectivity index (χ2v) is 7.27. The maximum Gasteiger partial charge on any atom is 0.274 e. The summed E-state index contributed by atoms with van der Waals surface area (Å²) in [5.74, 6) is -0.0717. The Balaban J connectivity index is 1.62. The summed E-state index contributed by atoms with van der Waals surface area (Å²) in [7, 11) is 0. The molecule has 30 heavy (non-hydrogen) atoms. The first-order valence-electron chi connectivity index (χ1n) is 10.3. The van der Waals surface area contributed by atoms with Crippen LogP contribution in [0, 0.1) is 0 Å². The lowest BCUT2D eigenvalue weighted by Gasteiger charge is -2.21. The van der Waals surface area contributed by atoms with Gasteiger partial charge in [0.2, 0.25) is 0 Å². The average Bonchev–Trinajstić information content (AvgIpc) is 3.45. The third-order valence-electron chi connectivity index (χ3n) is 4.99. The number of nitrogens with zero attached hydrogens (tertiary/aromatic N) is 5. The number of rotatable bonds is 8. The SMILES string of the molecule is CCCCN(CCC)C(=O)c1cncc(-c2cnc3[nH]c(-c4cn[nH]c4)cc3c2)n1. The average molecular weight is 403 g/mol. The first-order chi connectivity index (χ1) is 14.7. The van der Waals surface area contributed by atoms with Crippen LogP contribution in [0.1, 0.15) is 43.6 Å². The number of unbranched alkanes of at least 4 members (excludes halogenated alkanes) is 1. The van der Waals surface area contributed by atoms with E-state index in [-0.39, 0.29) is 5.91 Å². The maximum atomic E-state index is 13.0. The zero-order valence-corrected chi connectivity index (χ0v) is 17.2. The van der Waals surface area contributed by atoms with E-state index in [4.69, 9.17) is 0 Å². The lowest BCUT2D eigenvalue weighted by Crippen LogP contribution is -2.33. The van der Waals surface area contributed by atoms with Crippen molar-refractivity contribution in [3.05, 3.63) is 48.8 Å². The summed E-state index contributed by atoms with van der Waals surface area (Å²) in [4.78, 5) is 31.5. The minimum atomic E-state index is -0.0717. The van der Waals surface area contributed by atoms with E-state index in [1.54, 1.807) is 24.8 Å². The minimum Gasteiger partial charge on any atom is -0.339 e. The van der Waals surface area contributed by atoms with Crippen LogP contribution in [0.3, 0.4) is 0 Å². The highest BCUT2D eigenvalue weighted by Crippen LogP contribution is 2.25. The molecular formula is C22H25N7O. The molecule has 0 radical (unpaired) electrons. The van der Waals surface area contributed by atoms with Crippen molar-refractivity contribution in [3.63, 3.8) is 0 Å². The van der Waals surface area contributed by atoms with E-state index in [0.717, 1.165) is 60.2 Å². The topological polar surface area (TPSA) is 103 Å². The van der Waals surface area contributed by atoms with Gasteiger partial charge in [-0.2, -0.15) is 5.10 Å². The van der Waals surface area contributed by atoms with Gasteiger partial charge in [-0.3, -0.25) is 14.9 Å². The number of carbonyl (C=O) groups is 1. The van der Waals surface area contributed by atoms with Gasteiger partial charge in [0.25, 0.3) is 5.91 Å². The van der Waals surface area contributed by atoms with Gasteiger partial charge in [-0.1, -0.05) is 20.3 Å². The van der Waals surface area contributed by atoms with Crippen molar-refractivity contribution in [1.29, 1.82) is 0 Å². The number of aromatic nitrogens is 6. The van der Waals surface area contributed by atoms with Crippen molar-refractivity contribution in [2.24, 2.45) is 0 Å². The fraction of sp³-hybridized carbons (Fsp3) is 0.318. The molecule has 4 heterocycles. The fourth-order valence-electron chi connectivity index (χ4n) is 3.41. The Morgan fingerprint density at radius 3 is 2.70 bits per heavy atom. The van der Waals surface area contributed by atoms with Crippen LogP contribution in [0.2, 0.25) is 0 Å². The van der Waals surface area contributed by atoms with Gasteiger partial charge >= 0.3 is 0 Å². The Hall–Kier alpha value is -3.55. The number of carbonyl (C=O) groups excluding carboxylic acids is 1. The van der Waals surface area contributed by atoms with Gasteiger partial charge in [0.05, 0.1) is 30.0 Å². The first kappa shape index (κ1) is 19.8. The Morgan fingerprint density at radius 2 is 1.93 bits per heavy atom. The van der Waals surface area contributed by atoms with Gasteiger partial charge in [0.1, 0.15) is 11.3 Å². The molecule has 0 saturated heterocycles. The maximum absolute atomic E-state index is 13.0. The van der Waals surface area contributed by atoms with Crippen molar-refractivity contribution in [3.8, 4) is 22.5 Å².